The number of carbonyl (C=O) groups excluding carboxylic acids is 1. The highest BCUT2D eigenvalue weighted by atomic mass is 32.1. The smallest absolute Gasteiger partial charge is 0.271 e. The summed E-state index contributed by atoms with van der Waals surface area (Å²) in [6.45, 7) is 1.61. The van der Waals surface area contributed by atoms with Crippen LogP contribution in [0.15, 0.2) is 22.6 Å². The summed E-state index contributed by atoms with van der Waals surface area (Å²) < 4.78 is 1.45. The fourth-order valence-corrected chi connectivity index (χ4v) is 4.34. The molecule has 1 amide bonds. The van der Waals surface area contributed by atoms with E-state index in [9.17, 15) is 9.59 Å². The van der Waals surface area contributed by atoms with Crippen molar-refractivity contribution in [3.05, 3.63) is 33.7 Å². The van der Waals surface area contributed by atoms with E-state index in [1.54, 1.807) is 11.6 Å². The Morgan fingerprint density at radius 2 is 2.00 bits per heavy atom. The van der Waals surface area contributed by atoms with Crippen molar-refractivity contribution in [3.8, 4) is 0 Å². The number of likely N-dealkylation sites (tertiary alicyclic amines) is 1. The second-order valence-electron chi connectivity index (χ2n) is 6.25. The average Bonchev–Trinajstić information content (AvgIpc) is 2.95. The molecule has 2 fully saturated rings. The van der Waals surface area contributed by atoms with Crippen LogP contribution in [0.4, 0.5) is 0 Å². The summed E-state index contributed by atoms with van der Waals surface area (Å²) in [6.07, 6.45) is 9.40. The molecule has 110 valence electrons. The van der Waals surface area contributed by atoms with Gasteiger partial charge >= 0.3 is 0 Å². The summed E-state index contributed by atoms with van der Waals surface area (Å²) in [4.78, 5) is 31.5. The highest BCUT2D eigenvalue weighted by Gasteiger charge is 2.45. The van der Waals surface area contributed by atoms with Gasteiger partial charge in [0.2, 0.25) is 0 Å². The quantitative estimate of drug-likeness (QED) is 0.811. The fourth-order valence-electron chi connectivity index (χ4n) is 3.67. The van der Waals surface area contributed by atoms with E-state index >= 15 is 0 Å². The Hall–Kier alpha value is -1.69. The van der Waals surface area contributed by atoms with Gasteiger partial charge in [-0.25, -0.2) is 4.98 Å². The van der Waals surface area contributed by atoms with E-state index in [1.807, 2.05) is 4.90 Å². The molecule has 0 bridgehead atoms. The maximum Gasteiger partial charge on any atom is 0.271 e. The van der Waals surface area contributed by atoms with Crippen LogP contribution in [0.25, 0.3) is 4.96 Å². The van der Waals surface area contributed by atoms with Crippen LogP contribution < -0.4 is 5.56 Å². The van der Waals surface area contributed by atoms with Crippen LogP contribution in [-0.2, 0) is 0 Å². The molecule has 1 saturated carbocycles. The summed E-state index contributed by atoms with van der Waals surface area (Å²) in [5.74, 6) is -0.163. The van der Waals surface area contributed by atoms with Crippen LogP contribution in [0.2, 0.25) is 0 Å². The largest absolute Gasteiger partial charge is 0.337 e. The Morgan fingerprint density at radius 1 is 1.24 bits per heavy atom. The Morgan fingerprint density at radius 3 is 2.76 bits per heavy atom. The first-order chi connectivity index (χ1) is 10.2. The van der Waals surface area contributed by atoms with Crippen molar-refractivity contribution >= 4 is 22.2 Å². The van der Waals surface area contributed by atoms with Gasteiger partial charge in [-0.1, -0.05) is 19.3 Å². The van der Waals surface area contributed by atoms with E-state index < -0.39 is 0 Å². The Labute approximate surface area is 126 Å². The molecule has 5 nitrogen and oxygen atoms in total. The van der Waals surface area contributed by atoms with Crippen LogP contribution in [0.1, 0.15) is 42.5 Å². The highest BCUT2D eigenvalue weighted by molar-refractivity contribution is 7.15. The predicted molar refractivity (Wildman–Crippen MR) is 80.8 cm³/mol. The van der Waals surface area contributed by atoms with Gasteiger partial charge in [-0.2, -0.15) is 0 Å². The number of aromatic nitrogens is 2. The van der Waals surface area contributed by atoms with Crippen LogP contribution in [0.3, 0.4) is 0 Å². The minimum Gasteiger partial charge on any atom is -0.337 e. The molecule has 4 rings (SSSR count). The van der Waals surface area contributed by atoms with E-state index in [1.165, 1.54) is 54.0 Å². The van der Waals surface area contributed by atoms with Crippen LogP contribution in [-0.4, -0.2) is 33.3 Å². The molecule has 0 unspecified atom stereocenters. The maximum atomic E-state index is 12.5. The van der Waals surface area contributed by atoms with E-state index in [0.29, 0.717) is 10.4 Å². The van der Waals surface area contributed by atoms with Crippen molar-refractivity contribution in [2.45, 2.75) is 32.1 Å². The third-order valence-corrected chi connectivity index (χ3v) is 5.60. The lowest BCUT2D eigenvalue weighted by Gasteiger charge is -2.52. The number of amides is 1. The minimum absolute atomic E-state index is 0.163. The van der Waals surface area contributed by atoms with Gasteiger partial charge < -0.3 is 4.90 Å². The van der Waals surface area contributed by atoms with Crippen molar-refractivity contribution in [1.82, 2.24) is 14.3 Å². The van der Waals surface area contributed by atoms with E-state index in [-0.39, 0.29) is 17.0 Å². The average molecular weight is 303 g/mol. The summed E-state index contributed by atoms with van der Waals surface area (Å²) in [6, 6.07) is 0. The molecular formula is C15H17N3O2S. The summed E-state index contributed by atoms with van der Waals surface area (Å²) >= 11 is 1.39. The number of rotatable bonds is 1. The van der Waals surface area contributed by atoms with Crippen molar-refractivity contribution in [2.75, 3.05) is 13.1 Å². The van der Waals surface area contributed by atoms with E-state index in [0.717, 1.165) is 13.1 Å². The summed E-state index contributed by atoms with van der Waals surface area (Å²) in [7, 11) is 0. The molecule has 3 heterocycles. The molecule has 21 heavy (non-hydrogen) atoms. The molecule has 2 aliphatic rings. The van der Waals surface area contributed by atoms with Crippen LogP contribution in [0.5, 0.6) is 0 Å². The molecule has 1 spiro atoms. The molecule has 6 heteroatoms. The van der Waals surface area contributed by atoms with Gasteiger partial charge in [-0.3, -0.25) is 14.0 Å². The Kier molecular flexibility index (Phi) is 2.89. The zero-order valence-corrected chi connectivity index (χ0v) is 12.6. The molecule has 0 N–H and O–H groups in total. The lowest BCUT2D eigenvalue weighted by atomic mass is 9.68. The number of fused-ring (bicyclic) bond motifs is 1. The topological polar surface area (TPSA) is 54.7 Å². The third-order valence-electron chi connectivity index (χ3n) is 4.83. The van der Waals surface area contributed by atoms with Gasteiger partial charge in [-0.05, 0) is 12.8 Å². The van der Waals surface area contributed by atoms with Crippen LogP contribution in [0, 0.1) is 5.41 Å². The molecule has 0 aromatic carbocycles. The molecule has 1 saturated heterocycles. The van der Waals surface area contributed by atoms with Gasteiger partial charge in [0.1, 0.15) is 5.56 Å². The first-order valence-corrected chi connectivity index (χ1v) is 8.31. The molecule has 0 atom stereocenters. The molecular weight excluding hydrogens is 286 g/mol. The number of hydrogen-bond donors (Lipinski definition) is 0. The number of nitrogens with zero attached hydrogens (tertiary/aromatic N) is 3. The first kappa shape index (κ1) is 13.0. The number of carbonyl (C=O) groups is 1. The first-order valence-electron chi connectivity index (χ1n) is 7.43. The van der Waals surface area contributed by atoms with Crippen LogP contribution >= 0.6 is 11.3 Å². The van der Waals surface area contributed by atoms with Gasteiger partial charge in [0, 0.05) is 36.3 Å². The number of hydrogen-bond acceptors (Lipinski definition) is 4. The SMILES string of the molecule is O=C(c1cnc2sccn2c1=O)N1CC2(CCCCC2)C1. The van der Waals surface area contributed by atoms with E-state index in [2.05, 4.69) is 4.98 Å². The zero-order valence-electron chi connectivity index (χ0n) is 11.7. The van der Waals surface area contributed by atoms with Gasteiger partial charge in [-0.15, -0.1) is 11.3 Å². The van der Waals surface area contributed by atoms with Crippen molar-refractivity contribution in [1.29, 1.82) is 0 Å². The monoisotopic (exact) mass is 303 g/mol. The maximum absolute atomic E-state index is 12.5. The molecule has 0 radical (unpaired) electrons. The fraction of sp³-hybridized carbons (Fsp3) is 0.533. The summed E-state index contributed by atoms with van der Waals surface area (Å²) in [5, 5.41) is 1.80. The molecule has 1 aliphatic heterocycles. The second-order valence-corrected chi connectivity index (χ2v) is 7.13. The Bertz CT molecular complexity index is 750. The van der Waals surface area contributed by atoms with Crippen molar-refractivity contribution < 1.29 is 4.79 Å². The normalized spacial score (nSPS) is 20.7. The standard InChI is InChI=1S/C15H17N3O2S/c19-12(17-9-15(10-17)4-2-1-3-5-15)11-8-16-14-18(13(11)20)6-7-21-14/h6-8H,1-5,9-10H2. The molecule has 2 aromatic rings. The summed E-state index contributed by atoms with van der Waals surface area (Å²) in [5.41, 5.74) is 0.275. The highest BCUT2D eigenvalue weighted by Crippen LogP contribution is 2.43. The lowest BCUT2D eigenvalue weighted by Crippen LogP contribution is -2.59. The van der Waals surface area contributed by atoms with E-state index in [4.69, 9.17) is 0 Å². The lowest BCUT2D eigenvalue weighted by molar-refractivity contribution is -0.0156. The predicted octanol–water partition coefficient (Wildman–Crippen LogP) is 2.16. The van der Waals surface area contributed by atoms with Gasteiger partial charge in [0.25, 0.3) is 11.5 Å². The van der Waals surface area contributed by atoms with Crippen molar-refractivity contribution in [2.24, 2.45) is 5.41 Å². The van der Waals surface area contributed by atoms with Crippen molar-refractivity contribution in [3.63, 3.8) is 0 Å². The molecule has 2 aromatic heterocycles. The zero-order chi connectivity index (χ0) is 14.4. The Balaban J connectivity index is 1.57. The minimum atomic E-state index is -0.254. The van der Waals surface area contributed by atoms with Gasteiger partial charge in [0.15, 0.2) is 4.96 Å². The van der Waals surface area contributed by atoms with Gasteiger partial charge in [0.05, 0.1) is 0 Å². The molecule has 1 aliphatic carbocycles. The third kappa shape index (κ3) is 2.00. The second kappa shape index (κ2) is 4.66. The number of thiazole rings is 1.